The van der Waals surface area contributed by atoms with E-state index in [0.717, 1.165) is 5.56 Å². The van der Waals surface area contributed by atoms with Gasteiger partial charge in [-0.1, -0.05) is 17.7 Å². The molecule has 0 unspecified atom stereocenters. The van der Waals surface area contributed by atoms with Gasteiger partial charge in [-0.2, -0.15) is 0 Å². The summed E-state index contributed by atoms with van der Waals surface area (Å²) in [5, 5.41) is 12.1. The fraction of sp³-hybridized carbons (Fsp3) is 0.286. The number of carbonyl (C=O) groups excluding carboxylic acids is 2. The van der Waals surface area contributed by atoms with Crippen LogP contribution in [0.2, 0.25) is 0 Å². The van der Waals surface area contributed by atoms with E-state index in [2.05, 4.69) is 5.32 Å². The number of hydrogen-bond donors (Lipinski definition) is 2. The van der Waals surface area contributed by atoms with E-state index in [-0.39, 0.29) is 31.3 Å². The van der Waals surface area contributed by atoms with Gasteiger partial charge in [0.05, 0.1) is 11.8 Å². The summed E-state index contributed by atoms with van der Waals surface area (Å²) in [5.74, 6) is -3.65. The van der Waals surface area contributed by atoms with Crippen LogP contribution >= 0.6 is 0 Å². The molecule has 0 radical (unpaired) electrons. The van der Waals surface area contributed by atoms with Crippen molar-refractivity contribution < 1.29 is 23.9 Å². The summed E-state index contributed by atoms with van der Waals surface area (Å²) in [5.41, 5.74) is 1.80. The van der Waals surface area contributed by atoms with Gasteiger partial charge in [0.25, 0.3) is 5.91 Å². The molecule has 2 aromatic carbocycles. The van der Waals surface area contributed by atoms with Crippen LogP contribution in [0.1, 0.15) is 22.3 Å². The van der Waals surface area contributed by atoms with Gasteiger partial charge in [0.2, 0.25) is 5.91 Å². The second kappa shape index (κ2) is 8.21. The van der Waals surface area contributed by atoms with Crippen molar-refractivity contribution in [2.75, 3.05) is 18.4 Å². The second-order valence-electron chi connectivity index (χ2n) is 7.04. The number of piperidine rings is 1. The lowest BCUT2D eigenvalue weighted by molar-refractivity contribution is -0.144. The molecule has 1 saturated heterocycles. The number of halogens is 1. The van der Waals surface area contributed by atoms with Crippen molar-refractivity contribution in [1.29, 1.82) is 0 Å². The summed E-state index contributed by atoms with van der Waals surface area (Å²) < 4.78 is 13.0. The first kappa shape index (κ1) is 19.5. The zero-order chi connectivity index (χ0) is 20.3. The number of likely N-dealkylation sites (tertiary alicyclic amines) is 1. The Morgan fingerprint density at radius 1 is 1.07 bits per heavy atom. The molecule has 0 bridgehead atoms. The molecule has 146 valence electrons. The minimum absolute atomic E-state index is 0.0580. The van der Waals surface area contributed by atoms with Crippen molar-refractivity contribution in [3.8, 4) is 0 Å². The standard InChI is InChI=1S/C21H21FN2O4/c1-13-3-2-4-14(9-13)20(26)24-11-15(10-16(12-24)21(27)28)19(25)23-18-7-5-17(22)6-8-18/h2-9,15-16H,10-12H2,1H3,(H,23,25)(H,27,28)/t15-,16+/m1/s1. The van der Waals surface area contributed by atoms with Crippen molar-refractivity contribution in [3.05, 3.63) is 65.5 Å². The molecule has 7 heteroatoms. The minimum Gasteiger partial charge on any atom is -0.481 e. The predicted molar refractivity (Wildman–Crippen MR) is 101 cm³/mol. The molecule has 1 aliphatic rings. The molecule has 0 spiro atoms. The summed E-state index contributed by atoms with van der Waals surface area (Å²) in [6, 6.07) is 12.4. The number of hydrogen-bond acceptors (Lipinski definition) is 3. The first-order valence-electron chi connectivity index (χ1n) is 8.98. The highest BCUT2D eigenvalue weighted by Gasteiger charge is 2.37. The number of aliphatic carboxylic acids is 1. The first-order chi connectivity index (χ1) is 13.3. The van der Waals surface area contributed by atoms with Gasteiger partial charge in [0.1, 0.15) is 5.82 Å². The van der Waals surface area contributed by atoms with Gasteiger partial charge < -0.3 is 15.3 Å². The number of nitrogens with one attached hydrogen (secondary N) is 1. The maximum absolute atomic E-state index is 13.0. The normalized spacial score (nSPS) is 19.1. The van der Waals surface area contributed by atoms with Crippen LogP contribution in [0.25, 0.3) is 0 Å². The lowest BCUT2D eigenvalue weighted by Crippen LogP contribution is -2.49. The van der Waals surface area contributed by atoms with Crippen molar-refractivity contribution in [2.24, 2.45) is 11.8 Å². The van der Waals surface area contributed by atoms with Gasteiger partial charge in [0, 0.05) is 24.3 Å². The summed E-state index contributed by atoms with van der Waals surface area (Å²) in [6.07, 6.45) is 0.139. The first-order valence-corrected chi connectivity index (χ1v) is 8.98. The SMILES string of the molecule is Cc1cccc(C(=O)N2C[C@@H](C(=O)O)C[C@@H](C(=O)Nc3ccc(F)cc3)C2)c1. The van der Waals surface area contributed by atoms with Gasteiger partial charge in [0.15, 0.2) is 0 Å². The largest absolute Gasteiger partial charge is 0.481 e. The molecule has 0 aromatic heterocycles. The van der Waals surface area contributed by atoms with Gasteiger partial charge in [-0.15, -0.1) is 0 Å². The second-order valence-corrected chi connectivity index (χ2v) is 7.04. The van der Waals surface area contributed by atoms with Crippen LogP contribution < -0.4 is 5.32 Å². The van der Waals surface area contributed by atoms with Crippen LogP contribution in [0.3, 0.4) is 0 Å². The van der Waals surface area contributed by atoms with Crippen molar-refractivity contribution in [1.82, 2.24) is 4.90 Å². The van der Waals surface area contributed by atoms with Gasteiger partial charge >= 0.3 is 5.97 Å². The van der Waals surface area contributed by atoms with Gasteiger partial charge in [-0.25, -0.2) is 4.39 Å². The molecule has 2 aromatic rings. The third-order valence-electron chi connectivity index (χ3n) is 4.83. The summed E-state index contributed by atoms with van der Waals surface area (Å²) in [6.45, 7) is 2.05. The molecule has 0 saturated carbocycles. The maximum Gasteiger partial charge on any atom is 0.308 e. The topological polar surface area (TPSA) is 86.7 Å². The molecule has 2 atom stereocenters. The van der Waals surface area contributed by atoms with E-state index >= 15 is 0 Å². The summed E-state index contributed by atoms with van der Waals surface area (Å²) in [7, 11) is 0. The Balaban J connectivity index is 1.77. The van der Waals surface area contributed by atoms with E-state index in [1.54, 1.807) is 18.2 Å². The number of carbonyl (C=O) groups is 3. The smallest absolute Gasteiger partial charge is 0.308 e. The third kappa shape index (κ3) is 4.54. The van der Waals surface area contributed by atoms with Crippen LogP contribution in [-0.4, -0.2) is 40.9 Å². The highest BCUT2D eigenvalue weighted by atomic mass is 19.1. The Labute approximate surface area is 162 Å². The molecule has 1 fully saturated rings. The number of aryl methyl sites for hydroxylation is 1. The highest BCUT2D eigenvalue weighted by molar-refractivity contribution is 5.97. The van der Waals surface area contributed by atoms with E-state index in [1.165, 1.54) is 29.2 Å². The van der Waals surface area contributed by atoms with Crippen LogP contribution in [-0.2, 0) is 9.59 Å². The molecule has 1 heterocycles. The van der Waals surface area contributed by atoms with Crippen LogP contribution in [0.5, 0.6) is 0 Å². The Morgan fingerprint density at radius 2 is 1.75 bits per heavy atom. The predicted octanol–water partition coefficient (Wildman–Crippen LogP) is 2.94. The van der Waals surface area contributed by atoms with E-state index < -0.39 is 23.6 Å². The average Bonchev–Trinajstić information content (AvgIpc) is 2.68. The van der Waals surface area contributed by atoms with Gasteiger partial charge in [-0.05, 0) is 49.7 Å². The van der Waals surface area contributed by atoms with E-state index in [4.69, 9.17) is 0 Å². The number of rotatable bonds is 4. The number of carboxylic acids is 1. The van der Waals surface area contributed by atoms with E-state index in [1.807, 2.05) is 13.0 Å². The monoisotopic (exact) mass is 384 g/mol. The number of carboxylic acid groups (broad SMARTS) is 1. The number of anilines is 1. The summed E-state index contributed by atoms with van der Waals surface area (Å²) in [4.78, 5) is 38.5. The molecule has 2 N–H and O–H groups in total. The fourth-order valence-electron chi connectivity index (χ4n) is 3.37. The number of benzene rings is 2. The Morgan fingerprint density at radius 3 is 2.39 bits per heavy atom. The Kier molecular flexibility index (Phi) is 5.73. The van der Waals surface area contributed by atoms with Crippen LogP contribution in [0, 0.1) is 24.6 Å². The quantitative estimate of drug-likeness (QED) is 0.849. The molecular weight excluding hydrogens is 363 g/mol. The Bertz CT molecular complexity index is 898. The lowest BCUT2D eigenvalue weighted by Gasteiger charge is -2.35. The third-order valence-corrected chi connectivity index (χ3v) is 4.83. The lowest BCUT2D eigenvalue weighted by atomic mass is 9.88. The zero-order valence-electron chi connectivity index (χ0n) is 15.4. The minimum atomic E-state index is -1.04. The van der Waals surface area contributed by atoms with E-state index in [9.17, 15) is 23.9 Å². The highest BCUT2D eigenvalue weighted by Crippen LogP contribution is 2.25. The average molecular weight is 384 g/mol. The molecule has 2 amide bonds. The van der Waals surface area contributed by atoms with Crippen molar-refractivity contribution in [2.45, 2.75) is 13.3 Å². The van der Waals surface area contributed by atoms with Crippen LogP contribution in [0.15, 0.2) is 48.5 Å². The molecule has 6 nitrogen and oxygen atoms in total. The van der Waals surface area contributed by atoms with Crippen LogP contribution in [0.4, 0.5) is 10.1 Å². The maximum atomic E-state index is 13.0. The molecular formula is C21H21FN2O4. The van der Waals surface area contributed by atoms with Gasteiger partial charge in [-0.3, -0.25) is 14.4 Å². The molecule has 3 rings (SSSR count). The molecule has 28 heavy (non-hydrogen) atoms. The summed E-state index contributed by atoms with van der Waals surface area (Å²) >= 11 is 0. The van der Waals surface area contributed by atoms with Crippen molar-refractivity contribution >= 4 is 23.5 Å². The zero-order valence-corrected chi connectivity index (χ0v) is 15.4. The number of amides is 2. The Hall–Kier alpha value is -3.22. The fourth-order valence-corrected chi connectivity index (χ4v) is 3.37. The molecule has 1 aliphatic heterocycles. The number of nitrogens with zero attached hydrogens (tertiary/aromatic N) is 1. The van der Waals surface area contributed by atoms with Crippen molar-refractivity contribution in [3.63, 3.8) is 0 Å². The van der Waals surface area contributed by atoms with E-state index in [0.29, 0.717) is 11.3 Å². The molecule has 0 aliphatic carbocycles.